The Balaban J connectivity index is 1.53. The second-order valence-corrected chi connectivity index (χ2v) is 13.2. The minimum atomic E-state index is -0.282. The summed E-state index contributed by atoms with van der Waals surface area (Å²) in [7, 11) is 0. The number of nitrogens with zero attached hydrogens (tertiary/aromatic N) is 3. The van der Waals surface area contributed by atoms with Crippen molar-refractivity contribution in [3.63, 3.8) is 0 Å². The smallest absolute Gasteiger partial charge is 0.162 e. The van der Waals surface area contributed by atoms with Gasteiger partial charge in [-0.15, -0.1) is 0 Å². The summed E-state index contributed by atoms with van der Waals surface area (Å²) in [5.41, 5.74) is 9.71. The lowest BCUT2D eigenvalue weighted by atomic mass is 9.76. The molecule has 0 atom stereocenters. The van der Waals surface area contributed by atoms with Gasteiger partial charge in [0.2, 0.25) is 0 Å². The average Bonchev–Trinajstić information content (AvgIpc) is 3.68. The van der Waals surface area contributed by atoms with Crippen molar-refractivity contribution in [1.29, 1.82) is 0 Å². The maximum absolute atomic E-state index is 6.83. The molecule has 9 rings (SSSR count). The second-order valence-electron chi connectivity index (χ2n) is 13.2. The number of hydrogen-bond donors (Lipinski definition) is 0. The van der Waals surface area contributed by atoms with Gasteiger partial charge in [0.1, 0.15) is 17.0 Å². The van der Waals surface area contributed by atoms with Crippen LogP contribution in [-0.2, 0) is 5.41 Å². The first-order valence-corrected chi connectivity index (χ1v) is 16.4. The molecule has 3 heterocycles. The van der Waals surface area contributed by atoms with E-state index in [9.17, 15) is 0 Å². The topological polar surface area (TPSA) is 43.9 Å². The molecule has 0 unspecified atom stereocenters. The summed E-state index contributed by atoms with van der Waals surface area (Å²) in [5, 5.41) is 4.51. The van der Waals surface area contributed by atoms with Crippen LogP contribution in [0.4, 0.5) is 0 Å². The van der Waals surface area contributed by atoms with Crippen LogP contribution in [0, 0.1) is 0 Å². The van der Waals surface area contributed by atoms with E-state index in [0.29, 0.717) is 5.82 Å². The summed E-state index contributed by atoms with van der Waals surface area (Å²) < 4.78 is 9.19. The number of furan rings is 1. The summed E-state index contributed by atoms with van der Waals surface area (Å²) >= 11 is 0. The van der Waals surface area contributed by atoms with Gasteiger partial charge in [-0.3, -0.25) is 4.57 Å². The lowest BCUT2D eigenvalue weighted by molar-refractivity contribution is 0.535. The van der Waals surface area contributed by atoms with Crippen molar-refractivity contribution in [1.82, 2.24) is 14.5 Å². The lowest BCUT2D eigenvalue weighted by Crippen LogP contribution is -2.20. The molecule has 230 valence electrons. The lowest BCUT2D eigenvalue weighted by Gasteiger charge is -2.29. The zero-order valence-electron chi connectivity index (χ0n) is 26.9. The molecule has 0 spiro atoms. The van der Waals surface area contributed by atoms with Gasteiger partial charge in [0, 0.05) is 44.3 Å². The van der Waals surface area contributed by atoms with Gasteiger partial charge in [0.15, 0.2) is 5.82 Å². The highest BCUT2D eigenvalue weighted by atomic mass is 16.3. The van der Waals surface area contributed by atoms with Crippen LogP contribution in [0.1, 0.15) is 31.4 Å². The van der Waals surface area contributed by atoms with Crippen LogP contribution in [0.2, 0.25) is 0 Å². The Morgan fingerprint density at radius 2 is 1.42 bits per heavy atom. The molecule has 4 heteroatoms. The van der Waals surface area contributed by atoms with E-state index in [0.717, 1.165) is 78.6 Å². The SMILES string of the molecule is C=C1/C=C\C=C/CC(C)(C)c2c1c1oc3ccccc3c1c1c3ccccc3n(-c3cc(-c4ccccc4)nc(-c4ccccc4)n3)c21. The van der Waals surface area contributed by atoms with E-state index in [1.807, 2.05) is 30.3 Å². The van der Waals surface area contributed by atoms with E-state index in [4.69, 9.17) is 14.4 Å². The zero-order valence-corrected chi connectivity index (χ0v) is 26.9. The fourth-order valence-corrected chi connectivity index (χ4v) is 7.46. The van der Waals surface area contributed by atoms with Crippen LogP contribution in [0.25, 0.3) is 77.8 Å². The van der Waals surface area contributed by atoms with E-state index < -0.39 is 0 Å². The monoisotopic (exact) mass is 619 g/mol. The molecule has 0 aliphatic heterocycles. The molecule has 3 aromatic heterocycles. The number of para-hydroxylation sites is 2. The van der Waals surface area contributed by atoms with Gasteiger partial charge in [-0.2, -0.15) is 0 Å². The van der Waals surface area contributed by atoms with E-state index >= 15 is 0 Å². The molecule has 0 saturated heterocycles. The van der Waals surface area contributed by atoms with Gasteiger partial charge in [0.25, 0.3) is 0 Å². The first kappa shape index (κ1) is 28.2. The number of benzene rings is 5. The van der Waals surface area contributed by atoms with Crippen LogP contribution < -0.4 is 0 Å². The molecular weight excluding hydrogens is 587 g/mol. The number of aromatic nitrogens is 3. The number of fused-ring (bicyclic) bond motifs is 10. The highest BCUT2D eigenvalue weighted by Gasteiger charge is 2.34. The van der Waals surface area contributed by atoms with E-state index in [-0.39, 0.29) is 5.41 Å². The first-order valence-electron chi connectivity index (χ1n) is 16.4. The zero-order chi connectivity index (χ0) is 32.4. The molecule has 0 radical (unpaired) electrons. The third-order valence-electron chi connectivity index (χ3n) is 9.65. The predicted octanol–water partition coefficient (Wildman–Crippen LogP) is 11.6. The van der Waals surface area contributed by atoms with E-state index in [2.05, 4.69) is 134 Å². The molecule has 48 heavy (non-hydrogen) atoms. The third-order valence-corrected chi connectivity index (χ3v) is 9.65. The Hall–Kier alpha value is -6.00. The van der Waals surface area contributed by atoms with Gasteiger partial charge in [-0.1, -0.05) is 142 Å². The highest BCUT2D eigenvalue weighted by molar-refractivity contribution is 6.30. The quantitative estimate of drug-likeness (QED) is 0.198. The van der Waals surface area contributed by atoms with Gasteiger partial charge in [-0.05, 0) is 35.1 Å². The maximum atomic E-state index is 6.83. The molecule has 5 aromatic carbocycles. The molecule has 0 N–H and O–H groups in total. The van der Waals surface area contributed by atoms with Crippen LogP contribution in [0.3, 0.4) is 0 Å². The van der Waals surface area contributed by atoms with Gasteiger partial charge in [0.05, 0.1) is 16.7 Å². The molecule has 1 aliphatic carbocycles. The number of hydrogen-bond acceptors (Lipinski definition) is 3. The molecule has 0 amide bonds. The van der Waals surface area contributed by atoms with Gasteiger partial charge >= 0.3 is 0 Å². The van der Waals surface area contributed by atoms with E-state index in [1.54, 1.807) is 0 Å². The van der Waals surface area contributed by atoms with Crippen molar-refractivity contribution in [2.45, 2.75) is 25.7 Å². The van der Waals surface area contributed by atoms with Gasteiger partial charge < -0.3 is 4.42 Å². The molecular formula is C44H33N3O. The Labute approximate surface area is 279 Å². The Morgan fingerprint density at radius 3 is 2.21 bits per heavy atom. The van der Waals surface area contributed by atoms with Crippen molar-refractivity contribution in [3.8, 4) is 28.5 Å². The minimum absolute atomic E-state index is 0.282. The summed E-state index contributed by atoms with van der Waals surface area (Å²) in [6.07, 6.45) is 9.42. The van der Waals surface area contributed by atoms with Crippen molar-refractivity contribution in [2.24, 2.45) is 0 Å². The van der Waals surface area contributed by atoms with Crippen LogP contribution in [0.5, 0.6) is 0 Å². The third kappa shape index (κ3) is 4.30. The molecule has 1 aliphatic rings. The second kappa shape index (κ2) is 10.8. The van der Waals surface area contributed by atoms with Gasteiger partial charge in [-0.25, -0.2) is 9.97 Å². The van der Waals surface area contributed by atoms with E-state index in [1.165, 1.54) is 10.9 Å². The van der Waals surface area contributed by atoms with Crippen molar-refractivity contribution < 1.29 is 4.42 Å². The van der Waals surface area contributed by atoms with Crippen molar-refractivity contribution >= 4 is 49.3 Å². The first-order chi connectivity index (χ1) is 23.5. The molecule has 8 aromatic rings. The van der Waals surface area contributed by atoms with Crippen molar-refractivity contribution in [3.05, 3.63) is 157 Å². The fourth-order valence-electron chi connectivity index (χ4n) is 7.46. The van der Waals surface area contributed by atoms with Crippen molar-refractivity contribution in [2.75, 3.05) is 0 Å². The highest BCUT2D eigenvalue weighted by Crippen LogP contribution is 2.50. The largest absolute Gasteiger partial charge is 0.455 e. The average molecular weight is 620 g/mol. The van der Waals surface area contributed by atoms with Crippen LogP contribution in [-0.4, -0.2) is 14.5 Å². The molecule has 0 fully saturated rings. The number of rotatable bonds is 3. The van der Waals surface area contributed by atoms with Crippen LogP contribution in [0.15, 0.2) is 151 Å². The summed E-state index contributed by atoms with van der Waals surface area (Å²) in [5.74, 6) is 1.50. The predicted molar refractivity (Wildman–Crippen MR) is 199 cm³/mol. The molecule has 0 saturated carbocycles. The minimum Gasteiger partial charge on any atom is -0.455 e. The summed E-state index contributed by atoms with van der Waals surface area (Å²) in [4.78, 5) is 10.5. The Morgan fingerprint density at radius 1 is 0.729 bits per heavy atom. The Bertz CT molecular complexity index is 2560. The van der Waals surface area contributed by atoms with Crippen LogP contribution >= 0.6 is 0 Å². The molecule has 4 nitrogen and oxygen atoms in total. The molecule has 0 bridgehead atoms. The summed E-state index contributed by atoms with van der Waals surface area (Å²) in [6.45, 7) is 9.30. The normalized spacial score (nSPS) is 15.8. The summed E-state index contributed by atoms with van der Waals surface area (Å²) in [6, 6.07) is 39.8. The maximum Gasteiger partial charge on any atom is 0.162 e. The standard InChI is InChI=1S/C44H33N3O/c1-28-17-7-6-16-26-44(2,3)40-37(28)42-39(32-23-13-15-25-35(32)48-42)38-31-22-12-14-24-34(31)47(41(38)40)36-27-33(29-18-8-4-9-19-29)45-43(46-36)30-20-10-5-11-21-30/h4-25,27H,1,26H2,2-3H3/b16-6-,17-7-. The fraction of sp³-hybridized carbons (Fsp3) is 0.0909. The Kier molecular flexibility index (Phi) is 6.34. The number of allylic oxidation sites excluding steroid dienone is 5.